The number of carbonyl (C=O) groups is 1. The third kappa shape index (κ3) is 3.01. The van der Waals surface area contributed by atoms with Crippen molar-refractivity contribution in [1.29, 1.82) is 0 Å². The zero-order valence-electron chi connectivity index (χ0n) is 13.0. The highest BCUT2D eigenvalue weighted by Crippen LogP contribution is 2.23. The first-order valence-electron chi connectivity index (χ1n) is 7.54. The highest BCUT2D eigenvalue weighted by atomic mass is 16.2. The van der Waals surface area contributed by atoms with Gasteiger partial charge in [-0.05, 0) is 37.6 Å². The van der Waals surface area contributed by atoms with Gasteiger partial charge in [0.15, 0.2) is 0 Å². The summed E-state index contributed by atoms with van der Waals surface area (Å²) in [5.74, 6) is 0.172. The molecule has 0 saturated carbocycles. The van der Waals surface area contributed by atoms with E-state index < -0.39 is 0 Å². The van der Waals surface area contributed by atoms with Crippen LogP contribution in [0.1, 0.15) is 12.0 Å². The van der Waals surface area contributed by atoms with Crippen LogP contribution in [0.5, 0.6) is 0 Å². The number of anilines is 1. The highest BCUT2D eigenvalue weighted by Gasteiger charge is 2.35. The van der Waals surface area contributed by atoms with E-state index in [0.29, 0.717) is 0 Å². The van der Waals surface area contributed by atoms with Crippen LogP contribution in [0.2, 0.25) is 0 Å². The summed E-state index contributed by atoms with van der Waals surface area (Å²) in [6, 6.07) is 4.00. The second kappa shape index (κ2) is 6.27. The fraction of sp³-hybridized carbons (Fsp3) is 0.438. The molecular weight excluding hydrogens is 278 g/mol. The number of pyridine rings is 1. The van der Waals surface area contributed by atoms with Crippen molar-refractivity contribution < 1.29 is 4.79 Å². The summed E-state index contributed by atoms with van der Waals surface area (Å²) in [5, 5.41) is 4.14. The second-order valence-electron chi connectivity index (χ2n) is 5.75. The normalized spacial score (nSPS) is 18.4. The van der Waals surface area contributed by atoms with Crippen molar-refractivity contribution in [1.82, 2.24) is 19.7 Å². The summed E-state index contributed by atoms with van der Waals surface area (Å²) >= 11 is 0. The Bertz CT molecular complexity index is 639. The Morgan fingerprint density at radius 3 is 2.82 bits per heavy atom. The van der Waals surface area contributed by atoms with Crippen molar-refractivity contribution in [2.75, 3.05) is 25.0 Å². The Labute approximate surface area is 130 Å². The lowest BCUT2D eigenvalue weighted by atomic mass is 10.1. The molecule has 1 fully saturated rings. The molecule has 0 aromatic carbocycles. The zero-order chi connectivity index (χ0) is 15.5. The van der Waals surface area contributed by atoms with Gasteiger partial charge in [-0.3, -0.25) is 19.4 Å². The van der Waals surface area contributed by atoms with Crippen LogP contribution in [0.4, 0.5) is 5.69 Å². The van der Waals surface area contributed by atoms with Gasteiger partial charge in [0.2, 0.25) is 5.91 Å². The first-order valence-corrected chi connectivity index (χ1v) is 7.54. The maximum atomic E-state index is 12.6. The summed E-state index contributed by atoms with van der Waals surface area (Å²) in [7, 11) is 3.89. The Hall–Kier alpha value is -2.21. The van der Waals surface area contributed by atoms with Crippen LogP contribution >= 0.6 is 0 Å². The summed E-state index contributed by atoms with van der Waals surface area (Å²) in [5.41, 5.74) is 2.13. The number of likely N-dealkylation sites (N-methyl/N-ethyl adjacent to an activating group) is 1. The molecule has 0 spiro atoms. The van der Waals surface area contributed by atoms with Crippen LogP contribution < -0.4 is 4.90 Å². The Morgan fingerprint density at radius 2 is 2.14 bits per heavy atom. The van der Waals surface area contributed by atoms with Crippen LogP contribution in [0.15, 0.2) is 36.9 Å². The molecule has 2 aromatic heterocycles. The lowest BCUT2D eigenvalue weighted by molar-refractivity contribution is -0.121. The number of amides is 1. The van der Waals surface area contributed by atoms with Gasteiger partial charge in [0.25, 0.3) is 0 Å². The van der Waals surface area contributed by atoms with Gasteiger partial charge < -0.3 is 4.90 Å². The third-order valence-electron chi connectivity index (χ3n) is 4.21. The van der Waals surface area contributed by atoms with Gasteiger partial charge in [-0.15, -0.1) is 0 Å². The molecule has 6 nitrogen and oxygen atoms in total. The molecule has 0 radical (unpaired) electrons. The van der Waals surface area contributed by atoms with Gasteiger partial charge >= 0.3 is 0 Å². The van der Waals surface area contributed by atoms with Crippen molar-refractivity contribution >= 4 is 11.6 Å². The molecule has 3 heterocycles. The minimum absolute atomic E-state index is 0.0398. The highest BCUT2D eigenvalue weighted by molar-refractivity contribution is 5.99. The first kappa shape index (κ1) is 14.7. The quantitative estimate of drug-likeness (QED) is 0.829. The van der Waals surface area contributed by atoms with Gasteiger partial charge in [0.05, 0.1) is 17.9 Å². The van der Waals surface area contributed by atoms with E-state index in [4.69, 9.17) is 0 Å². The number of nitrogens with zero attached hydrogens (tertiary/aromatic N) is 5. The molecule has 6 heteroatoms. The van der Waals surface area contributed by atoms with E-state index in [2.05, 4.69) is 15.0 Å². The summed E-state index contributed by atoms with van der Waals surface area (Å²) < 4.78 is 1.73. The van der Waals surface area contributed by atoms with Crippen LogP contribution in [-0.4, -0.2) is 51.8 Å². The van der Waals surface area contributed by atoms with E-state index in [0.717, 1.165) is 31.6 Å². The molecule has 0 N–H and O–H groups in total. The third-order valence-corrected chi connectivity index (χ3v) is 4.21. The van der Waals surface area contributed by atoms with E-state index in [9.17, 15) is 4.79 Å². The average Bonchev–Trinajstić information content (AvgIpc) is 3.12. The molecule has 1 unspecified atom stereocenters. The number of carbonyl (C=O) groups excluding carboxylic acids is 1. The molecule has 0 bridgehead atoms. The molecule has 3 rings (SSSR count). The summed E-state index contributed by atoms with van der Waals surface area (Å²) in [6.07, 6.45) is 9.03. The fourth-order valence-corrected chi connectivity index (χ4v) is 2.89. The number of aryl methyl sites for hydroxylation is 1. The number of rotatable bonds is 5. The maximum Gasteiger partial charge on any atom is 0.244 e. The Balaban J connectivity index is 1.59. The topological polar surface area (TPSA) is 54.3 Å². The number of aromatic nitrogens is 3. The second-order valence-corrected chi connectivity index (χ2v) is 5.75. The van der Waals surface area contributed by atoms with Crippen LogP contribution in [0.25, 0.3) is 0 Å². The van der Waals surface area contributed by atoms with Crippen molar-refractivity contribution in [3.63, 3.8) is 0 Å². The fourth-order valence-electron chi connectivity index (χ4n) is 2.89. The van der Waals surface area contributed by atoms with Crippen molar-refractivity contribution in [2.24, 2.45) is 7.05 Å². The molecule has 1 amide bonds. The molecule has 1 atom stereocenters. The van der Waals surface area contributed by atoms with Gasteiger partial charge in [-0.2, -0.15) is 5.10 Å². The summed E-state index contributed by atoms with van der Waals surface area (Å²) in [4.78, 5) is 20.6. The van der Waals surface area contributed by atoms with Gasteiger partial charge in [0.1, 0.15) is 0 Å². The van der Waals surface area contributed by atoms with Crippen LogP contribution in [0, 0.1) is 0 Å². The molecule has 1 saturated heterocycles. The maximum absolute atomic E-state index is 12.6. The predicted molar refractivity (Wildman–Crippen MR) is 84.5 cm³/mol. The molecule has 0 aliphatic carbocycles. The molecule has 1 aliphatic rings. The molecule has 22 heavy (non-hydrogen) atoms. The van der Waals surface area contributed by atoms with Crippen molar-refractivity contribution in [2.45, 2.75) is 18.9 Å². The van der Waals surface area contributed by atoms with E-state index in [1.54, 1.807) is 23.3 Å². The summed E-state index contributed by atoms with van der Waals surface area (Å²) in [6.45, 7) is 1.62. The molecular formula is C16H21N5O. The Kier molecular flexibility index (Phi) is 4.20. The minimum Gasteiger partial charge on any atom is -0.308 e. The zero-order valence-corrected chi connectivity index (χ0v) is 13.0. The van der Waals surface area contributed by atoms with Crippen LogP contribution in [0.3, 0.4) is 0 Å². The van der Waals surface area contributed by atoms with E-state index in [1.165, 1.54) is 5.56 Å². The lowest BCUT2D eigenvalue weighted by Gasteiger charge is -2.23. The monoisotopic (exact) mass is 299 g/mol. The lowest BCUT2D eigenvalue weighted by Crippen LogP contribution is -2.40. The van der Waals surface area contributed by atoms with E-state index in [-0.39, 0.29) is 11.9 Å². The number of hydrogen-bond donors (Lipinski definition) is 0. The van der Waals surface area contributed by atoms with Crippen molar-refractivity contribution in [3.05, 3.63) is 42.5 Å². The van der Waals surface area contributed by atoms with E-state index in [1.807, 2.05) is 37.3 Å². The molecule has 116 valence electrons. The van der Waals surface area contributed by atoms with Gasteiger partial charge in [0, 0.05) is 38.7 Å². The average molecular weight is 299 g/mol. The van der Waals surface area contributed by atoms with Crippen LogP contribution in [-0.2, 0) is 18.3 Å². The number of hydrogen-bond acceptors (Lipinski definition) is 4. The standard InChI is InChI=1S/C16H21N5O/c1-19(9-5-13-3-7-17-8-4-13)15-6-10-21(16(15)22)14-11-18-20(2)12-14/h3-4,7-8,11-12,15H,5-6,9-10H2,1-2H3. The van der Waals surface area contributed by atoms with Gasteiger partial charge in [-0.1, -0.05) is 0 Å². The van der Waals surface area contributed by atoms with Gasteiger partial charge in [-0.25, -0.2) is 0 Å². The molecule has 2 aromatic rings. The SMILES string of the molecule is CN(CCc1ccncc1)C1CCN(c2cnn(C)c2)C1=O. The minimum atomic E-state index is -0.0398. The smallest absolute Gasteiger partial charge is 0.244 e. The largest absolute Gasteiger partial charge is 0.308 e. The first-order chi connectivity index (χ1) is 10.6. The molecule has 1 aliphatic heterocycles. The Morgan fingerprint density at radius 1 is 1.36 bits per heavy atom. The predicted octanol–water partition coefficient (Wildman–Crippen LogP) is 1.09. The van der Waals surface area contributed by atoms with E-state index >= 15 is 0 Å². The van der Waals surface area contributed by atoms with Crippen molar-refractivity contribution in [3.8, 4) is 0 Å².